The van der Waals surface area contributed by atoms with Crippen molar-refractivity contribution in [2.45, 2.75) is 18.6 Å². The van der Waals surface area contributed by atoms with Gasteiger partial charge >= 0.3 is 0 Å². The number of rotatable bonds is 4. The van der Waals surface area contributed by atoms with E-state index in [2.05, 4.69) is 0 Å². The normalized spacial score (nSPS) is 21.6. The van der Waals surface area contributed by atoms with Crippen molar-refractivity contribution in [3.63, 3.8) is 0 Å². The van der Waals surface area contributed by atoms with Crippen molar-refractivity contribution in [1.29, 1.82) is 0 Å². The van der Waals surface area contributed by atoms with Gasteiger partial charge in [-0.2, -0.15) is 0 Å². The first kappa shape index (κ1) is 13.7. The molecule has 2 aromatic rings. The van der Waals surface area contributed by atoms with Gasteiger partial charge in [-0.1, -0.05) is 60.7 Å². The van der Waals surface area contributed by atoms with E-state index in [4.69, 9.17) is 9.73 Å². The Bertz CT molecular complexity index is 622. The summed E-state index contributed by atoms with van der Waals surface area (Å²) in [6.45, 7) is 0.388. The Morgan fingerprint density at radius 2 is 1.71 bits per heavy atom. The molecule has 1 heterocycles. The minimum atomic E-state index is -0.460. The summed E-state index contributed by atoms with van der Waals surface area (Å²) >= 11 is 0. The Hall–Kier alpha value is -2.26. The highest BCUT2D eigenvalue weighted by Gasteiger charge is 2.27. The van der Waals surface area contributed by atoms with Crippen molar-refractivity contribution < 1.29 is 9.53 Å². The number of aldehydes is 1. The number of nitrogens with zero attached hydrogens (tertiary/aromatic N) is 1. The number of hydrogen-bond acceptors (Lipinski definition) is 3. The molecule has 0 N–H and O–H groups in total. The molecule has 0 spiro atoms. The van der Waals surface area contributed by atoms with Crippen LogP contribution in [0, 0.1) is 0 Å². The first-order valence-electron chi connectivity index (χ1n) is 7.10. The summed E-state index contributed by atoms with van der Waals surface area (Å²) in [6, 6.07) is 19.9. The number of aliphatic imine (C=N–C) groups is 1. The van der Waals surface area contributed by atoms with Gasteiger partial charge in [-0.15, -0.1) is 0 Å². The topological polar surface area (TPSA) is 38.7 Å². The Morgan fingerprint density at radius 3 is 2.38 bits per heavy atom. The maximum absolute atomic E-state index is 11.2. The Balaban J connectivity index is 1.86. The lowest BCUT2D eigenvalue weighted by atomic mass is 10.00. The van der Waals surface area contributed by atoms with Gasteiger partial charge in [0.25, 0.3) is 0 Å². The van der Waals surface area contributed by atoms with Gasteiger partial charge in [-0.05, 0) is 17.5 Å². The average Bonchev–Trinajstić information content (AvgIpc) is 2.56. The van der Waals surface area contributed by atoms with Gasteiger partial charge in [-0.3, -0.25) is 4.99 Å². The van der Waals surface area contributed by atoms with E-state index in [9.17, 15) is 4.79 Å². The van der Waals surface area contributed by atoms with Crippen LogP contribution in [0.15, 0.2) is 65.7 Å². The zero-order valence-electron chi connectivity index (χ0n) is 11.7. The molecule has 0 saturated heterocycles. The molecule has 0 aromatic heterocycles. The zero-order valence-corrected chi connectivity index (χ0v) is 11.7. The molecule has 3 rings (SSSR count). The van der Waals surface area contributed by atoms with Gasteiger partial charge in [0.2, 0.25) is 0 Å². The predicted molar refractivity (Wildman–Crippen MR) is 82.7 cm³/mol. The molecule has 2 unspecified atom stereocenters. The van der Waals surface area contributed by atoms with E-state index >= 15 is 0 Å². The van der Waals surface area contributed by atoms with Crippen molar-refractivity contribution in [2.24, 2.45) is 4.99 Å². The van der Waals surface area contributed by atoms with Crippen LogP contribution in [0.1, 0.15) is 11.1 Å². The lowest BCUT2D eigenvalue weighted by Crippen LogP contribution is -2.38. The maximum atomic E-state index is 11.2. The molecule has 0 radical (unpaired) electrons. The van der Waals surface area contributed by atoms with Crippen molar-refractivity contribution >= 4 is 12.0 Å². The number of benzene rings is 2. The van der Waals surface area contributed by atoms with E-state index in [1.54, 1.807) is 0 Å². The van der Waals surface area contributed by atoms with E-state index in [1.165, 1.54) is 0 Å². The van der Waals surface area contributed by atoms with Crippen LogP contribution < -0.4 is 0 Å². The lowest BCUT2D eigenvalue weighted by molar-refractivity contribution is -0.118. The second-order valence-electron chi connectivity index (χ2n) is 5.11. The Morgan fingerprint density at radius 1 is 1.05 bits per heavy atom. The minimum Gasteiger partial charge on any atom is -0.362 e. The van der Waals surface area contributed by atoms with E-state index in [0.717, 1.165) is 23.1 Å². The highest BCUT2D eigenvalue weighted by atomic mass is 16.5. The average molecular weight is 279 g/mol. The molecule has 0 amide bonds. The molecular weight excluding hydrogens is 262 g/mol. The lowest BCUT2D eigenvalue weighted by Gasteiger charge is -2.26. The molecule has 1 aliphatic rings. The summed E-state index contributed by atoms with van der Waals surface area (Å²) in [5, 5.41) is 0. The standard InChI is InChI=1S/C18H17NO2/c20-12-18-16(11-14-7-3-1-4-8-14)19-17(13-21-18)15-9-5-2-6-10-15/h1-10,12,16,18H,11,13H2. The van der Waals surface area contributed by atoms with Gasteiger partial charge in [0.05, 0.1) is 18.4 Å². The molecule has 0 aliphatic carbocycles. The van der Waals surface area contributed by atoms with Gasteiger partial charge in [-0.25, -0.2) is 0 Å². The van der Waals surface area contributed by atoms with E-state index < -0.39 is 6.10 Å². The molecule has 3 heteroatoms. The van der Waals surface area contributed by atoms with Gasteiger partial charge in [0, 0.05) is 0 Å². The van der Waals surface area contributed by atoms with E-state index in [-0.39, 0.29) is 6.04 Å². The summed E-state index contributed by atoms with van der Waals surface area (Å²) in [5.41, 5.74) is 3.13. The fourth-order valence-corrected chi connectivity index (χ4v) is 2.53. The number of hydrogen-bond donors (Lipinski definition) is 0. The summed E-state index contributed by atoms with van der Waals surface area (Å²) in [5.74, 6) is 0. The number of carbonyl (C=O) groups is 1. The third kappa shape index (κ3) is 3.26. The molecule has 1 aliphatic heterocycles. The van der Waals surface area contributed by atoms with Crippen LogP contribution in [-0.4, -0.2) is 30.8 Å². The Labute approximate surface area is 124 Å². The van der Waals surface area contributed by atoms with Crippen molar-refractivity contribution in [3.05, 3.63) is 71.8 Å². The first-order valence-corrected chi connectivity index (χ1v) is 7.10. The number of ether oxygens (including phenoxy) is 1. The van der Waals surface area contributed by atoms with E-state index in [1.807, 2.05) is 60.7 Å². The first-order chi connectivity index (χ1) is 10.4. The van der Waals surface area contributed by atoms with Gasteiger partial charge < -0.3 is 9.53 Å². The molecule has 0 bridgehead atoms. The molecule has 2 atom stereocenters. The summed E-state index contributed by atoms with van der Waals surface area (Å²) < 4.78 is 5.68. The molecule has 21 heavy (non-hydrogen) atoms. The Kier molecular flexibility index (Phi) is 4.22. The van der Waals surface area contributed by atoms with Gasteiger partial charge in [0.15, 0.2) is 6.29 Å². The molecule has 106 valence electrons. The monoisotopic (exact) mass is 279 g/mol. The SMILES string of the molecule is O=CC1OCC(c2ccccc2)=NC1Cc1ccccc1. The fourth-order valence-electron chi connectivity index (χ4n) is 2.53. The maximum Gasteiger partial charge on any atom is 0.151 e. The van der Waals surface area contributed by atoms with Gasteiger partial charge in [0.1, 0.15) is 6.10 Å². The van der Waals surface area contributed by atoms with Crippen molar-refractivity contribution in [1.82, 2.24) is 0 Å². The quantitative estimate of drug-likeness (QED) is 0.807. The summed E-state index contributed by atoms with van der Waals surface area (Å²) in [7, 11) is 0. The smallest absolute Gasteiger partial charge is 0.151 e. The highest BCUT2D eigenvalue weighted by Crippen LogP contribution is 2.17. The van der Waals surface area contributed by atoms with Crippen LogP contribution in [0.25, 0.3) is 0 Å². The summed E-state index contributed by atoms with van der Waals surface area (Å²) in [4.78, 5) is 16.0. The van der Waals surface area contributed by atoms with Crippen molar-refractivity contribution in [3.8, 4) is 0 Å². The number of carbonyl (C=O) groups excluding carboxylic acids is 1. The molecular formula is C18H17NO2. The largest absolute Gasteiger partial charge is 0.362 e. The van der Waals surface area contributed by atoms with Crippen LogP contribution in [-0.2, 0) is 16.0 Å². The molecule has 0 fully saturated rings. The second kappa shape index (κ2) is 6.46. The predicted octanol–water partition coefficient (Wildman–Crippen LogP) is 2.68. The van der Waals surface area contributed by atoms with Crippen LogP contribution in [0.4, 0.5) is 0 Å². The van der Waals surface area contributed by atoms with E-state index in [0.29, 0.717) is 13.0 Å². The molecule has 0 saturated carbocycles. The molecule has 3 nitrogen and oxygen atoms in total. The minimum absolute atomic E-state index is 0.158. The van der Waals surface area contributed by atoms with Crippen LogP contribution in [0.3, 0.4) is 0 Å². The summed E-state index contributed by atoms with van der Waals surface area (Å²) in [6.07, 6.45) is 1.11. The highest BCUT2D eigenvalue weighted by molar-refractivity contribution is 6.02. The second-order valence-corrected chi connectivity index (χ2v) is 5.11. The molecule has 2 aromatic carbocycles. The van der Waals surface area contributed by atoms with Crippen molar-refractivity contribution in [2.75, 3.05) is 6.61 Å². The fraction of sp³-hybridized carbons (Fsp3) is 0.222. The zero-order chi connectivity index (χ0) is 14.5. The van der Waals surface area contributed by atoms with Crippen LogP contribution in [0.2, 0.25) is 0 Å². The third-order valence-electron chi connectivity index (χ3n) is 3.64. The third-order valence-corrected chi connectivity index (χ3v) is 3.64. The van der Waals surface area contributed by atoms with Crippen LogP contribution >= 0.6 is 0 Å². The van der Waals surface area contributed by atoms with Crippen LogP contribution in [0.5, 0.6) is 0 Å².